The lowest BCUT2D eigenvalue weighted by Crippen LogP contribution is -2.19. The van der Waals surface area contributed by atoms with E-state index < -0.39 is 0 Å². The number of para-hydroxylation sites is 1. The zero-order valence-corrected chi connectivity index (χ0v) is 18.4. The van der Waals surface area contributed by atoms with Gasteiger partial charge >= 0.3 is 6.03 Å². The number of fused-ring (bicyclic) bond motifs is 2. The van der Waals surface area contributed by atoms with Gasteiger partial charge in [0.15, 0.2) is 0 Å². The van der Waals surface area contributed by atoms with Gasteiger partial charge in [0.1, 0.15) is 22.9 Å². The third-order valence-electron chi connectivity index (χ3n) is 5.59. The molecule has 0 spiro atoms. The van der Waals surface area contributed by atoms with Crippen molar-refractivity contribution in [3.8, 4) is 11.3 Å². The molecule has 0 aliphatic rings. The number of rotatable bonds is 4. The molecule has 164 valence electrons. The zero-order chi connectivity index (χ0) is 22.9. The molecule has 2 heterocycles. The third-order valence-corrected chi connectivity index (χ3v) is 5.59. The van der Waals surface area contributed by atoms with Crippen molar-refractivity contribution in [2.24, 2.45) is 0 Å². The predicted molar refractivity (Wildman–Crippen MR) is 134 cm³/mol. The molecule has 7 heteroatoms. The quantitative estimate of drug-likeness (QED) is 0.327. The second-order valence-corrected chi connectivity index (χ2v) is 8.16. The number of carbonyl (C=O) groups excluding carboxylic acids is 1. The molecule has 0 radical (unpaired) electrons. The molecule has 0 aliphatic heterocycles. The number of hydrogen-bond acceptors (Lipinski definition) is 4. The lowest BCUT2D eigenvalue weighted by molar-refractivity contribution is 0.262. The summed E-state index contributed by atoms with van der Waals surface area (Å²) in [5.74, 6) is 1.56. The first-order chi connectivity index (χ1) is 16.0. The fraction of sp³-hybridized carbons (Fsp3) is 0.115. The van der Waals surface area contributed by atoms with Crippen molar-refractivity contribution in [1.29, 1.82) is 0 Å². The van der Waals surface area contributed by atoms with E-state index in [2.05, 4.69) is 29.5 Å². The van der Waals surface area contributed by atoms with E-state index in [4.69, 9.17) is 10.7 Å². The Morgan fingerprint density at radius 1 is 0.939 bits per heavy atom. The zero-order valence-electron chi connectivity index (χ0n) is 18.4. The number of hydrogen-bond donors (Lipinski definition) is 3. The number of anilines is 3. The van der Waals surface area contributed by atoms with Gasteiger partial charge in [-0.1, -0.05) is 62.4 Å². The van der Waals surface area contributed by atoms with Crippen LogP contribution in [0.2, 0.25) is 0 Å². The molecule has 3 aromatic carbocycles. The molecule has 2 aromatic heterocycles. The van der Waals surface area contributed by atoms with E-state index in [0.29, 0.717) is 11.5 Å². The first-order valence-corrected chi connectivity index (χ1v) is 10.8. The number of nitrogens with zero attached hydrogens (tertiary/aromatic N) is 3. The third kappa shape index (κ3) is 3.74. The molecule has 4 N–H and O–H groups in total. The first kappa shape index (κ1) is 20.5. The van der Waals surface area contributed by atoms with Crippen molar-refractivity contribution >= 4 is 39.5 Å². The van der Waals surface area contributed by atoms with Gasteiger partial charge in [-0.15, -0.1) is 0 Å². The number of aromatic nitrogens is 3. The monoisotopic (exact) mass is 436 g/mol. The summed E-state index contributed by atoms with van der Waals surface area (Å²) in [6.07, 6.45) is 3.58. The van der Waals surface area contributed by atoms with E-state index in [0.717, 1.165) is 39.1 Å². The van der Waals surface area contributed by atoms with Crippen LogP contribution in [-0.2, 0) is 0 Å². The molecule has 5 rings (SSSR count). The minimum absolute atomic E-state index is 0.210. The Balaban J connectivity index is 1.61. The Bertz CT molecular complexity index is 1470. The molecule has 33 heavy (non-hydrogen) atoms. The van der Waals surface area contributed by atoms with Crippen molar-refractivity contribution in [2.75, 3.05) is 16.4 Å². The maximum Gasteiger partial charge on any atom is 0.323 e. The SMILES string of the molecule is CC(C)c1nc(-c2ccc(NC(=O)Nc3ccccc3)c3ccccc23)c2c(N)nccn12. The van der Waals surface area contributed by atoms with Gasteiger partial charge in [-0.3, -0.25) is 4.40 Å². The number of nitrogens with two attached hydrogens (primary N) is 1. The van der Waals surface area contributed by atoms with Gasteiger partial charge in [-0.05, 0) is 23.6 Å². The Hall–Kier alpha value is -4.39. The number of nitrogen functional groups attached to an aromatic ring is 1. The van der Waals surface area contributed by atoms with Gasteiger partial charge < -0.3 is 16.4 Å². The van der Waals surface area contributed by atoms with Crippen LogP contribution in [0.25, 0.3) is 27.5 Å². The van der Waals surface area contributed by atoms with Gasteiger partial charge in [-0.25, -0.2) is 14.8 Å². The molecule has 2 amide bonds. The van der Waals surface area contributed by atoms with E-state index >= 15 is 0 Å². The van der Waals surface area contributed by atoms with Crippen LogP contribution in [0.5, 0.6) is 0 Å². The van der Waals surface area contributed by atoms with E-state index in [1.54, 1.807) is 6.20 Å². The summed E-state index contributed by atoms with van der Waals surface area (Å²) in [6.45, 7) is 4.21. The standard InChI is InChI=1S/C26H24N6O/c1-16(2)25-31-22(23-24(27)28-14-15-32(23)25)20-12-13-21(19-11-7-6-10-18(19)20)30-26(33)29-17-8-4-3-5-9-17/h3-16H,1-2H3,(H2,27,28)(H2,29,30,33). The average Bonchev–Trinajstić information content (AvgIpc) is 3.21. The Morgan fingerprint density at radius 3 is 2.42 bits per heavy atom. The molecule has 5 aromatic rings. The van der Waals surface area contributed by atoms with Crippen LogP contribution in [0.3, 0.4) is 0 Å². The topological polar surface area (TPSA) is 97.3 Å². The molecule has 0 atom stereocenters. The average molecular weight is 437 g/mol. The Morgan fingerprint density at radius 2 is 1.67 bits per heavy atom. The molecule has 0 fully saturated rings. The van der Waals surface area contributed by atoms with Crippen LogP contribution in [0.1, 0.15) is 25.6 Å². The predicted octanol–water partition coefficient (Wildman–Crippen LogP) is 5.90. The minimum Gasteiger partial charge on any atom is -0.382 e. The van der Waals surface area contributed by atoms with Crippen LogP contribution >= 0.6 is 0 Å². The molecule has 0 unspecified atom stereocenters. The molecular formula is C26H24N6O. The maximum atomic E-state index is 12.6. The summed E-state index contributed by atoms with van der Waals surface area (Å²) in [5.41, 5.74) is 10.2. The lowest BCUT2D eigenvalue weighted by Gasteiger charge is -2.13. The van der Waals surface area contributed by atoms with Crippen molar-refractivity contribution in [3.63, 3.8) is 0 Å². The van der Waals surface area contributed by atoms with Crippen molar-refractivity contribution in [1.82, 2.24) is 14.4 Å². The number of benzene rings is 3. The van der Waals surface area contributed by atoms with Crippen LogP contribution in [0.4, 0.5) is 22.0 Å². The van der Waals surface area contributed by atoms with Crippen LogP contribution < -0.4 is 16.4 Å². The van der Waals surface area contributed by atoms with E-state index in [-0.39, 0.29) is 11.9 Å². The van der Waals surface area contributed by atoms with Crippen molar-refractivity contribution < 1.29 is 4.79 Å². The van der Waals surface area contributed by atoms with E-state index in [1.807, 2.05) is 77.3 Å². The number of carbonyl (C=O) groups is 1. The highest BCUT2D eigenvalue weighted by Crippen LogP contribution is 2.37. The summed E-state index contributed by atoms with van der Waals surface area (Å²) in [5, 5.41) is 7.71. The van der Waals surface area contributed by atoms with Crippen LogP contribution in [-0.4, -0.2) is 20.4 Å². The van der Waals surface area contributed by atoms with E-state index in [9.17, 15) is 4.79 Å². The Kier molecular flexibility index (Phi) is 5.14. The number of nitrogens with one attached hydrogen (secondary N) is 2. The molecule has 7 nitrogen and oxygen atoms in total. The number of amides is 2. The summed E-state index contributed by atoms with van der Waals surface area (Å²) < 4.78 is 2.01. The van der Waals surface area contributed by atoms with Gasteiger partial charge in [0, 0.05) is 34.9 Å². The van der Waals surface area contributed by atoms with Gasteiger partial charge in [0.2, 0.25) is 0 Å². The lowest BCUT2D eigenvalue weighted by atomic mass is 10.00. The molecule has 0 saturated carbocycles. The van der Waals surface area contributed by atoms with Gasteiger partial charge in [-0.2, -0.15) is 0 Å². The number of urea groups is 1. The highest BCUT2D eigenvalue weighted by Gasteiger charge is 2.20. The molecule has 0 saturated heterocycles. The molecule has 0 bridgehead atoms. The summed E-state index contributed by atoms with van der Waals surface area (Å²) in [7, 11) is 0. The van der Waals surface area contributed by atoms with Crippen molar-refractivity contribution in [3.05, 3.63) is 84.9 Å². The minimum atomic E-state index is -0.304. The maximum absolute atomic E-state index is 12.6. The van der Waals surface area contributed by atoms with E-state index in [1.165, 1.54) is 0 Å². The normalized spacial score (nSPS) is 11.2. The highest BCUT2D eigenvalue weighted by molar-refractivity contribution is 6.10. The second-order valence-electron chi connectivity index (χ2n) is 8.16. The van der Waals surface area contributed by atoms with Crippen molar-refractivity contribution in [2.45, 2.75) is 19.8 Å². The largest absolute Gasteiger partial charge is 0.382 e. The highest BCUT2D eigenvalue weighted by atomic mass is 16.2. The van der Waals surface area contributed by atoms with Gasteiger partial charge in [0.25, 0.3) is 0 Å². The molecule has 0 aliphatic carbocycles. The van der Waals surface area contributed by atoms with Crippen LogP contribution in [0.15, 0.2) is 79.1 Å². The fourth-order valence-corrected chi connectivity index (χ4v) is 4.10. The van der Waals surface area contributed by atoms with Crippen LogP contribution in [0, 0.1) is 0 Å². The summed E-state index contributed by atoms with van der Waals surface area (Å²) in [4.78, 5) is 21.9. The Labute approximate surface area is 191 Å². The van der Waals surface area contributed by atoms with Gasteiger partial charge in [0.05, 0.1) is 5.69 Å². The first-order valence-electron chi connectivity index (χ1n) is 10.8. The summed E-state index contributed by atoms with van der Waals surface area (Å²) in [6, 6.07) is 20.8. The number of imidazole rings is 1. The molecular weight excluding hydrogens is 412 g/mol. The fourth-order valence-electron chi connectivity index (χ4n) is 4.10. The summed E-state index contributed by atoms with van der Waals surface area (Å²) >= 11 is 0. The second kappa shape index (κ2) is 8.27. The smallest absolute Gasteiger partial charge is 0.323 e.